The van der Waals surface area contributed by atoms with E-state index in [1.165, 1.54) is 7.11 Å². The van der Waals surface area contributed by atoms with Crippen LogP contribution >= 0.6 is 0 Å². The van der Waals surface area contributed by atoms with Crippen molar-refractivity contribution in [1.82, 2.24) is 9.97 Å². The Morgan fingerprint density at radius 2 is 1.68 bits per heavy atom. The Morgan fingerprint density at radius 1 is 0.929 bits per heavy atom. The van der Waals surface area contributed by atoms with Gasteiger partial charge in [0.2, 0.25) is 9.84 Å². The molecule has 4 aromatic rings. The predicted octanol–water partition coefficient (Wildman–Crippen LogP) is 4.08. The van der Waals surface area contributed by atoms with Crippen molar-refractivity contribution >= 4 is 20.9 Å². The Hall–Kier alpha value is -3.32. The normalized spacial score (nSPS) is 11.5. The highest BCUT2D eigenvalue weighted by atomic mass is 32.2. The molecule has 0 saturated carbocycles. The van der Waals surface area contributed by atoms with Gasteiger partial charge in [-0.05, 0) is 35.9 Å². The molecule has 142 valence electrons. The summed E-state index contributed by atoms with van der Waals surface area (Å²) in [5.74, 6) is 1.08. The molecule has 2 heterocycles. The zero-order valence-corrected chi connectivity index (χ0v) is 16.2. The molecule has 0 bridgehead atoms. The van der Waals surface area contributed by atoms with Crippen molar-refractivity contribution in [1.29, 1.82) is 0 Å². The molecule has 7 heteroatoms. The Balaban J connectivity index is 2.03. The van der Waals surface area contributed by atoms with E-state index in [1.54, 1.807) is 74.1 Å². The average Bonchev–Trinajstić information content (AvgIpc) is 3.21. The Kier molecular flexibility index (Phi) is 4.52. The molecule has 28 heavy (non-hydrogen) atoms. The van der Waals surface area contributed by atoms with Crippen molar-refractivity contribution in [3.8, 4) is 22.6 Å². The first kappa shape index (κ1) is 18.1. The van der Waals surface area contributed by atoms with Crippen LogP contribution in [0.15, 0.2) is 76.8 Å². The molecule has 0 fully saturated rings. The molecule has 0 aliphatic carbocycles. The first-order valence-electron chi connectivity index (χ1n) is 8.55. The van der Waals surface area contributed by atoms with Gasteiger partial charge >= 0.3 is 0 Å². The summed E-state index contributed by atoms with van der Waals surface area (Å²) in [5, 5.41) is 0.538. The first-order valence-corrected chi connectivity index (χ1v) is 10.0. The number of nitrogens with zero attached hydrogens (tertiary/aromatic N) is 1. The van der Waals surface area contributed by atoms with E-state index in [0.717, 1.165) is 0 Å². The number of aromatic nitrogens is 2. The van der Waals surface area contributed by atoms with Gasteiger partial charge in [-0.25, -0.2) is 13.4 Å². The van der Waals surface area contributed by atoms with Crippen molar-refractivity contribution in [2.75, 3.05) is 14.2 Å². The highest BCUT2D eigenvalue weighted by molar-refractivity contribution is 7.91. The maximum Gasteiger partial charge on any atom is 0.207 e. The molecule has 4 rings (SSSR count). The summed E-state index contributed by atoms with van der Waals surface area (Å²) < 4.78 is 37.7. The third kappa shape index (κ3) is 2.90. The van der Waals surface area contributed by atoms with Gasteiger partial charge in [-0.3, -0.25) is 0 Å². The lowest BCUT2D eigenvalue weighted by Gasteiger charge is -2.14. The highest BCUT2D eigenvalue weighted by Gasteiger charge is 2.26. The monoisotopic (exact) mass is 394 g/mol. The van der Waals surface area contributed by atoms with Crippen molar-refractivity contribution in [3.05, 3.63) is 67.0 Å². The van der Waals surface area contributed by atoms with Gasteiger partial charge in [0.1, 0.15) is 5.65 Å². The number of benzene rings is 2. The minimum absolute atomic E-state index is 0.206. The average molecular weight is 394 g/mol. The van der Waals surface area contributed by atoms with Gasteiger partial charge < -0.3 is 14.5 Å². The SMILES string of the molecule is COc1ccc(-c2cnc3[nH]ccc3c2S(=O)(=O)c2ccccc2)cc1OC. The number of aromatic amines is 1. The Labute approximate surface area is 162 Å². The van der Waals surface area contributed by atoms with Crippen molar-refractivity contribution in [3.63, 3.8) is 0 Å². The van der Waals surface area contributed by atoms with Crippen LogP contribution in [-0.4, -0.2) is 32.6 Å². The van der Waals surface area contributed by atoms with Crippen molar-refractivity contribution in [2.24, 2.45) is 0 Å². The van der Waals surface area contributed by atoms with Gasteiger partial charge in [0.25, 0.3) is 0 Å². The van der Waals surface area contributed by atoms with Gasteiger partial charge in [0.15, 0.2) is 11.5 Å². The lowest BCUT2D eigenvalue weighted by molar-refractivity contribution is 0.355. The summed E-state index contributed by atoms with van der Waals surface area (Å²) in [4.78, 5) is 7.81. The summed E-state index contributed by atoms with van der Waals surface area (Å²) in [5.41, 5.74) is 1.68. The molecule has 0 aliphatic heterocycles. The van der Waals surface area contributed by atoms with Gasteiger partial charge in [-0.1, -0.05) is 24.3 Å². The lowest BCUT2D eigenvalue weighted by Crippen LogP contribution is -2.05. The maximum absolute atomic E-state index is 13.5. The van der Waals surface area contributed by atoms with Crippen LogP contribution in [0.1, 0.15) is 0 Å². The molecule has 6 nitrogen and oxygen atoms in total. The second-order valence-electron chi connectivity index (χ2n) is 6.13. The minimum atomic E-state index is -3.78. The molecule has 2 aromatic heterocycles. The molecule has 1 N–H and O–H groups in total. The third-order valence-corrected chi connectivity index (χ3v) is 6.42. The fourth-order valence-electron chi connectivity index (χ4n) is 3.20. The van der Waals surface area contributed by atoms with Gasteiger partial charge in [0, 0.05) is 23.3 Å². The molecule has 0 spiro atoms. The first-order chi connectivity index (χ1) is 13.6. The molecule has 2 aromatic carbocycles. The van der Waals surface area contributed by atoms with Crippen molar-refractivity contribution < 1.29 is 17.9 Å². The molecule has 0 atom stereocenters. The number of ether oxygens (including phenoxy) is 2. The molecule has 0 amide bonds. The number of hydrogen-bond donors (Lipinski definition) is 1. The number of sulfone groups is 1. The van der Waals surface area contributed by atoms with E-state index >= 15 is 0 Å². The van der Waals surface area contributed by atoms with Crippen molar-refractivity contribution in [2.45, 2.75) is 9.79 Å². The lowest BCUT2D eigenvalue weighted by atomic mass is 10.1. The quantitative estimate of drug-likeness (QED) is 0.552. The van der Waals surface area contributed by atoms with Crippen LogP contribution in [0.25, 0.3) is 22.2 Å². The molecule has 0 saturated heterocycles. The Bertz CT molecular complexity index is 1250. The van der Waals surface area contributed by atoms with E-state index in [2.05, 4.69) is 9.97 Å². The van der Waals surface area contributed by atoms with E-state index in [0.29, 0.717) is 33.7 Å². The summed E-state index contributed by atoms with van der Waals surface area (Å²) in [7, 11) is -0.691. The topological polar surface area (TPSA) is 81.3 Å². The zero-order chi connectivity index (χ0) is 19.7. The number of rotatable bonds is 5. The van der Waals surface area contributed by atoms with Crippen LogP contribution in [0.3, 0.4) is 0 Å². The number of H-pyrrole nitrogens is 1. The van der Waals surface area contributed by atoms with Crippen LogP contribution in [0.5, 0.6) is 11.5 Å². The number of nitrogens with one attached hydrogen (secondary N) is 1. The fourth-order valence-corrected chi connectivity index (χ4v) is 4.87. The largest absolute Gasteiger partial charge is 0.493 e. The van der Waals surface area contributed by atoms with Gasteiger partial charge in [0.05, 0.1) is 24.0 Å². The maximum atomic E-state index is 13.5. The van der Waals surface area contributed by atoms with E-state index in [9.17, 15) is 8.42 Å². The molecule has 0 aliphatic rings. The number of methoxy groups -OCH3 is 2. The van der Waals surface area contributed by atoms with Crippen LogP contribution in [-0.2, 0) is 9.84 Å². The van der Waals surface area contributed by atoms with E-state index in [1.807, 2.05) is 0 Å². The molecular weight excluding hydrogens is 376 g/mol. The number of pyridine rings is 1. The zero-order valence-electron chi connectivity index (χ0n) is 15.3. The van der Waals surface area contributed by atoms with Gasteiger partial charge in [-0.15, -0.1) is 0 Å². The van der Waals surface area contributed by atoms with Gasteiger partial charge in [-0.2, -0.15) is 0 Å². The summed E-state index contributed by atoms with van der Waals surface area (Å²) in [6, 6.07) is 15.4. The second kappa shape index (κ2) is 7.01. The Morgan fingerprint density at radius 3 is 2.39 bits per heavy atom. The molecule has 0 radical (unpaired) electrons. The van der Waals surface area contributed by atoms with E-state index in [4.69, 9.17) is 9.47 Å². The molecular formula is C21H18N2O4S. The number of hydrogen-bond acceptors (Lipinski definition) is 5. The molecule has 0 unspecified atom stereocenters. The summed E-state index contributed by atoms with van der Waals surface area (Å²) in [6.45, 7) is 0. The summed E-state index contributed by atoms with van der Waals surface area (Å²) >= 11 is 0. The van der Waals surface area contributed by atoms with E-state index in [-0.39, 0.29) is 9.79 Å². The van der Waals surface area contributed by atoms with E-state index < -0.39 is 9.84 Å². The second-order valence-corrected chi connectivity index (χ2v) is 8.01. The van der Waals surface area contributed by atoms with Crippen LogP contribution in [0.2, 0.25) is 0 Å². The predicted molar refractivity (Wildman–Crippen MR) is 107 cm³/mol. The smallest absolute Gasteiger partial charge is 0.207 e. The fraction of sp³-hybridized carbons (Fsp3) is 0.0952. The minimum Gasteiger partial charge on any atom is -0.493 e. The number of fused-ring (bicyclic) bond motifs is 1. The third-order valence-electron chi connectivity index (χ3n) is 4.55. The highest BCUT2D eigenvalue weighted by Crippen LogP contribution is 2.39. The van der Waals surface area contributed by atoms with Crippen LogP contribution < -0.4 is 9.47 Å². The van der Waals surface area contributed by atoms with Crippen LogP contribution in [0, 0.1) is 0 Å². The summed E-state index contributed by atoms with van der Waals surface area (Å²) in [6.07, 6.45) is 3.25. The van der Waals surface area contributed by atoms with Crippen LogP contribution in [0.4, 0.5) is 0 Å². The standard InChI is InChI=1S/C21H18N2O4S/c1-26-18-9-8-14(12-19(18)27-2)17-13-23-21-16(10-11-22-21)20(17)28(24,25)15-6-4-3-5-7-15/h3-13H,1-2H3,(H,22,23).